The van der Waals surface area contributed by atoms with E-state index in [0.29, 0.717) is 37.6 Å². The molecule has 4 rings (SSSR count). The highest BCUT2D eigenvalue weighted by atomic mass is 32.1. The van der Waals surface area contributed by atoms with Crippen LogP contribution in [0, 0.1) is 5.82 Å². The molecule has 1 amide bonds. The van der Waals surface area contributed by atoms with Crippen molar-refractivity contribution in [3.8, 4) is 5.88 Å². The smallest absolute Gasteiger partial charge is 0.261 e. The first-order chi connectivity index (χ1) is 12.5. The van der Waals surface area contributed by atoms with E-state index in [1.165, 1.54) is 30.6 Å². The Kier molecular flexibility index (Phi) is 4.23. The molecule has 9 heteroatoms. The normalized spacial score (nSPS) is 14.9. The van der Waals surface area contributed by atoms with Gasteiger partial charge in [-0.25, -0.2) is 9.37 Å². The third-order valence-electron chi connectivity index (χ3n) is 4.40. The molecule has 1 aromatic carbocycles. The first-order valence-electron chi connectivity index (χ1n) is 8.23. The lowest BCUT2D eigenvalue weighted by Gasteiger charge is -2.34. The summed E-state index contributed by atoms with van der Waals surface area (Å²) in [5.41, 5.74) is 1.27. The van der Waals surface area contributed by atoms with Crippen LogP contribution in [0.25, 0.3) is 10.2 Å². The number of nitrogens with zero attached hydrogens (tertiary/aromatic N) is 5. The van der Waals surface area contributed by atoms with Gasteiger partial charge < -0.3 is 14.5 Å². The fraction of sp³-hybridized carbons (Fsp3) is 0.353. The van der Waals surface area contributed by atoms with E-state index < -0.39 is 0 Å². The van der Waals surface area contributed by atoms with Crippen LogP contribution in [0.3, 0.4) is 0 Å². The fourth-order valence-corrected chi connectivity index (χ4v) is 4.10. The van der Waals surface area contributed by atoms with E-state index >= 15 is 0 Å². The molecule has 1 saturated heterocycles. The van der Waals surface area contributed by atoms with Crippen LogP contribution in [0.4, 0.5) is 9.52 Å². The first kappa shape index (κ1) is 16.8. The molecule has 0 unspecified atom stereocenters. The Morgan fingerprint density at radius 2 is 2.04 bits per heavy atom. The van der Waals surface area contributed by atoms with Gasteiger partial charge in [-0.1, -0.05) is 11.3 Å². The Morgan fingerprint density at radius 3 is 2.77 bits per heavy atom. The number of amides is 1. The van der Waals surface area contributed by atoms with E-state index in [1.54, 1.807) is 28.9 Å². The van der Waals surface area contributed by atoms with E-state index in [-0.39, 0.29) is 11.7 Å². The number of hydrogen-bond acceptors (Lipinski definition) is 6. The third kappa shape index (κ3) is 2.98. The highest BCUT2D eigenvalue weighted by molar-refractivity contribution is 7.22. The number of fused-ring (bicyclic) bond motifs is 1. The number of benzene rings is 1. The van der Waals surface area contributed by atoms with Crippen LogP contribution >= 0.6 is 11.3 Å². The number of carbonyl (C=O) groups excluding carboxylic acids is 1. The maximum absolute atomic E-state index is 13.4. The van der Waals surface area contributed by atoms with Crippen molar-refractivity contribution in [3.05, 3.63) is 35.8 Å². The van der Waals surface area contributed by atoms with Gasteiger partial charge in [-0.15, -0.1) is 5.10 Å². The van der Waals surface area contributed by atoms with E-state index in [9.17, 15) is 9.18 Å². The number of piperazine rings is 1. The van der Waals surface area contributed by atoms with E-state index in [0.717, 1.165) is 15.3 Å². The topological polar surface area (TPSA) is 63.5 Å². The number of hydrogen-bond donors (Lipinski definition) is 0. The Hall–Kier alpha value is -2.68. The van der Waals surface area contributed by atoms with Crippen LogP contribution in [-0.2, 0) is 7.05 Å². The summed E-state index contributed by atoms with van der Waals surface area (Å²) in [6, 6.07) is 4.62. The van der Waals surface area contributed by atoms with Gasteiger partial charge >= 0.3 is 0 Å². The summed E-state index contributed by atoms with van der Waals surface area (Å²) in [5.74, 6) is 0.00244. The van der Waals surface area contributed by atoms with Gasteiger partial charge in [0.1, 0.15) is 11.4 Å². The van der Waals surface area contributed by atoms with Crippen molar-refractivity contribution in [3.63, 3.8) is 0 Å². The van der Waals surface area contributed by atoms with Crippen molar-refractivity contribution < 1.29 is 13.9 Å². The molecule has 1 fully saturated rings. The lowest BCUT2D eigenvalue weighted by molar-refractivity contribution is 0.0743. The molecule has 0 atom stereocenters. The number of aryl methyl sites for hydroxylation is 1. The minimum Gasteiger partial charge on any atom is -0.479 e. The summed E-state index contributed by atoms with van der Waals surface area (Å²) >= 11 is 1.47. The highest BCUT2D eigenvalue weighted by Gasteiger charge is 2.27. The molecule has 0 aliphatic carbocycles. The SMILES string of the molecule is COc1nn(C)cc1C(=O)N1CCN(c2nc3ccc(F)cc3s2)CC1. The molecular weight excluding hydrogens is 357 g/mol. The summed E-state index contributed by atoms with van der Waals surface area (Å²) in [7, 11) is 3.26. The Morgan fingerprint density at radius 1 is 1.27 bits per heavy atom. The van der Waals surface area contributed by atoms with Crippen LogP contribution in [0.2, 0.25) is 0 Å². The summed E-state index contributed by atoms with van der Waals surface area (Å²) in [6.07, 6.45) is 1.68. The van der Waals surface area contributed by atoms with Gasteiger partial charge in [-0.05, 0) is 18.2 Å². The zero-order valence-corrected chi connectivity index (χ0v) is 15.3. The van der Waals surface area contributed by atoms with Crippen molar-refractivity contribution >= 4 is 32.6 Å². The average Bonchev–Trinajstić information content (AvgIpc) is 3.24. The van der Waals surface area contributed by atoms with Crippen molar-refractivity contribution in [1.29, 1.82) is 0 Å². The van der Waals surface area contributed by atoms with Gasteiger partial charge in [0, 0.05) is 39.4 Å². The lowest BCUT2D eigenvalue weighted by Crippen LogP contribution is -2.48. The minimum absolute atomic E-state index is 0.0824. The van der Waals surface area contributed by atoms with E-state index in [4.69, 9.17) is 4.74 Å². The zero-order valence-electron chi connectivity index (χ0n) is 14.5. The molecule has 0 radical (unpaired) electrons. The number of rotatable bonds is 3. The largest absolute Gasteiger partial charge is 0.479 e. The number of thiazole rings is 1. The summed E-state index contributed by atoms with van der Waals surface area (Å²) < 4.78 is 20.9. The molecule has 3 aromatic rings. The standard InChI is InChI=1S/C17H18FN5O2S/c1-21-10-12(15(20-21)25-2)16(24)22-5-7-23(8-6-22)17-19-13-4-3-11(18)9-14(13)26-17/h3-4,9-10H,5-8H2,1-2H3. The molecule has 1 aliphatic heterocycles. The van der Waals surface area contributed by atoms with Crippen LogP contribution in [-0.4, -0.2) is 58.9 Å². The third-order valence-corrected chi connectivity index (χ3v) is 5.47. The second kappa shape index (κ2) is 6.56. The quantitative estimate of drug-likeness (QED) is 0.702. The molecule has 7 nitrogen and oxygen atoms in total. The number of methoxy groups -OCH3 is 1. The van der Waals surface area contributed by atoms with E-state index in [1.807, 2.05) is 0 Å². The molecule has 1 aliphatic rings. The number of anilines is 1. The van der Waals surface area contributed by atoms with E-state index in [2.05, 4.69) is 15.0 Å². The Balaban J connectivity index is 1.47. The molecule has 2 aromatic heterocycles. The van der Waals surface area contributed by atoms with Crippen LogP contribution < -0.4 is 9.64 Å². The maximum atomic E-state index is 13.4. The van der Waals surface area contributed by atoms with Gasteiger partial charge in [-0.2, -0.15) is 0 Å². The second-order valence-electron chi connectivity index (χ2n) is 6.11. The van der Waals surface area contributed by atoms with Crippen LogP contribution in [0.1, 0.15) is 10.4 Å². The lowest BCUT2D eigenvalue weighted by atomic mass is 10.2. The van der Waals surface area contributed by atoms with Crippen molar-refractivity contribution in [1.82, 2.24) is 19.7 Å². The van der Waals surface area contributed by atoms with Gasteiger partial charge in [0.25, 0.3) is 5.91 Å². The van der Waals surface area contributed by atoms with Crippen LogP contribution in [0.5, 0.6) is 5.88 Å². The Labute approximate surface area is 153 Å². The molecular formula is C17H18FN5O2S. The predicted molar refractivity (Wildman–Crippen MR) is 97.5 cm³/mol. The van der Waals surface area contributed by atoms with Crippen molar-refractivity contribution in [2.75, 3.05) is 38.2 Å². The summed E-state index contributed by atoms with van der Waals surface area (Å²) in [4.78, 5) is 21.2. The minimum atomic E-state index is -0.256. The molecule has 136 valence electrons. The second-order valence-corrected chi connectivity index (χ2v) is 7.12. The Bertz CT molecular complexity index is 961. The van der Waals surface area contributed by atoms with Gasteiger partial charge in [-0.3, -0.25) is 9.48 Å². The molecule has 0 N–H and O–H groups in total. The number of aromatic nitrogens is 3. The van der Waals surface area contributed by atoms with Gasteiger partial charge in [0.05, 0.1) is 17.3 Å². The molecule has 3 heterocycles. The molecule has 0 spiro atoms. The molecule has 26 heavy (non-hydrogen) atoms. The molecule has 0 bridgehead atoms. The van der Waals surface area contributed by atoms with Gasteiger partial charge in [0.15, 0.2) is 5.13 Å². The first-order valence-corrected chi connectivity index (χ1v) is 9.05. The maximum Gasteiger partial charge on any atom is 0.261 e. The monoisotopic (exact) mass is 375 g/mol. The zero-order chi connectivity index (χ0) is 18.3. The number of ether oxygens (including phenoxy) is 1. The predicted octanol–water partition coefficient (Wildman–Crippen LogP) is 2.14. The number of carbonyl (C=O) groups is 1. The fourth-order valence-electron chi connectivity index (χ4n) is 3.06. The van der Waals surface area contributed by atoms with Gasteiger partial charge in [0.2, 0.25) is 5.88 Å². The highest BCUT2D eigenvalue weighted by Crippen LogP contribution is 2.30. The summed E-state index contributed by atoms with van der Waals surface area (Å²) in [6.45, 7) is 2.52. The summed E-state index contributed by atoms with van der Waals surface area (Å²) in [5, 5.41) is 4.99. The van der Waals surface area contributed by atoms with Crippen molar-refractivity contribution in [2.45, 2.75) is 0 Å². The average molecular weight is 375 g/mol. The van der Waals surface area contributed by atoms with Crippen LogP contribution in [0.15, 0.2) is 24.4 Å². The van der Waals surface area contributed by atoms with Crippen molar-refractivity contribution in [2.24, 2.45) is 7.05 Å². The molecule has 0 saturated carbocycles. The number of halogens is 1.